The molecule has 0 aromatic heterocycles. The van der Waals surface area contributed by atoms with Gasteiger partial charge in [0.25, 0.3) is 0 Å². The van der Waals surface area contributed by atoms with Crippen LogP contribution in [0.1, 0.15) is 27.7 Å². The van der Waals surface area contributed by atoms with Crippen molar-refractivity contribution < 1.29 is 9.47 Å². The molecule has 2 heterocycles. The van der Waals surface area contributed by atoms with Crippen molar-refractivity contribution in [2.24, 2.45) is 0 Å². The molecule has 0 amide bonds. The summed E-state index contributed by atoms with van der Waals surface area (Å²) < 4.78 is 11.3. The molecule has 0 radical (unpaired) electrons. The smallest absolute Gasteiger partial charge is 0.0936 e. The first-order chi connectivity index (χ1) is 6.36. The summed E-state index contributed by atoms with van der Waals surface area (Å²) in [7, 11) is 0. The summed E-state index contributed by atoms with van der Waals surface area (Å²) in [5, 5.41) is 0. The van der Waals surface area contributed by atoms with Gasteiger partial charge >= 0.3 is 0 Å². The van der Waals surface area contributed by atoms with E-state index in [4.69, 9.17) is 9.47 Å². The van der Waals surface area contributed by atoms with Gasteiger partial charge in [0.1, 0.15) is 0 Å². The van der Waals surface area contributed by atoms with E-state index in [1.54, 1.807) is 0 Å². The summed E-state index contributed by atoms with van der Waals surface area (Å²) in [4.78, 5) is 2.46. The second-order valence-electron chi connectivity index (χ2n) is 5.75. The van der Waals surface area contributed by atoms with Gasteiger partial charge in [-0.05, 0) is 27.7 Å². The lowest BCUT2D eigenvalue weighted by Gasteiger charge is -2.47. The van der Waals surface area contributed by atoms with Crippen LogP contribution in [0.5, 0.6) is 0 Å². The van der Waals surface area contributed by atoms with Crippen LogP contribution in [0.25, 0.3) is 0 Å². The van der Waals surface area contributed by atoms with Gasteiger partial charge in [-0.3, -0.25) is 4.90 Å². The van der Waals surface area contributed by atoms with Crippen molar-refractivity contribution >= 4 is 0 Å². The topological polar surface area (TPSA) is 25.0 Å². The normalized spacial score (nSPS) is 35.6. The molecule has 1 unspecified atom stereocenters. The van der Waals surface area contributed by atoms with Gasteiger partial charge in [-0.2, -0.15) is 0 Å². The first-order valence-electron chi connectivity index (χ1n) is 5.40. The molecule has 14 heavy (non-hydrogen) atoms. The molecule has 2 aliphatic rings. The predicted octanol–water partition coefficient (Wildman–Crippen LogP) is 1.27. The van der Waals surface area contributed by atoms with E-state index in [1.165, 1.54) is 0 Å². The molecule has 3 nitrogen and oxygen atoms in total. The predicted molar refractivity (Wildman–Crippen MR) is 55.4 cm³/mol. The van der Waals surface area contributed by atoms with E-state index in [2.05, 4.69) is 32.6 Å². The SMILES string of the molecule is CC1(C)CN(CC2CO2)CC(C)(C)O1. The van der Waals surface area contributed by atoms with E-state index in [0.717, 1.165) is 26.2 Å². The molecule has 82 valence electrons. The van der Waals surface area contributed by atoms with Crippen molar-refractivity contribution in [2.45, 2.75) is 45.0 Å². The minimum atomic E-state index is -0.0311. The molecule has 2 rings (SSSR count). The number of ether oxygens (including phenoxy) is 2. The Labute approximate surface area is 86.4 Å². The fourth-order valence-corrected chi connectivity index (χ4v) is 2.54. The largest absolute Gasteiger partial charge is 0.372 e. The Morgan fingerprint density at radius 1 is 1.14 bits per heavy atom. The van der Waals surface area contributed by atoms with E-state index >= 15 is 0 Å². The van der Waals surface area contributed by atoms with Crippen LogP contribution in [0.15, 0.2) is 0 Å². The first-order valence-corrected chi connectivity index (χ1v) is 5.40. The number of nitrogens with zero attached hydrogens (tertiary/aromatic N) is 1. The van der Waals surface area contributed by atoms with Gasteiger partial charge in [0.15, 0.2) is 0 Å². The van der Waals surface area contributed by atoms with Crippen molar-refractivity contribution in [1.82, 2.24) is 4.90 Å². The van der Waals surface area contributed by atoms with Gasteiger partial charge < -0.3 is 9.47 Å². The Morgan fingerprint density at radius 3 is 2.07 bits per heavy atom. The van der Waals surface area contributed by atoms with Crippen LogP contribution in [0.4, 0.5) is 0 Å². The fraction of sp³-hybridized carbons (Fsp3) is 1.00. The molecule has 2 saturated heterocycles. The van der Waals surface area contributed by atoms with Gasteiger partial charge in [-0.1, -0.05) is 0 Å². The third kappa shape index (κ3) is 2.69. The summed E-state index contributed by atoms with van der Waals surface area (Å²) in [5.74, 6) is 0. The number of hydrogen-bond acceptors (Lipinski definition) is 3. The molecule has 0 aliphatic carbocycles. The molecule has 0 aromatic carbocycles. The molecule has 0 saturated carbocycles. The third-order valence-corrected chi connectivity index (χ3v) is 2.63. The average Bonchev–Trinajstić information content (AvgIpc) is 2.62. The zero-order chi connectivity index (χ0) is 10.4. The number of hydrogen-bond donors (Lipinski definition) is 0. The van der Waals surface area contributed by atoms with Crippen molar-refractivity contribution in [1.29, 1.82) is 0 Å². The Kier molecular flexibility index (Phi) is 2.37. The summed E-state index contributed by atoms with van der Waals surface area (Å²) >= 11 is 0. The van der Waals surface area contributed by atoms with Crippen molar-refractivity contribution in [3.63, 3.8) is 0 Å². The average molecular weight is 199 g/mol. The van der Waals surface area contributed by atoms with Crippen LogP contribution < -0.4 is 0 Å². The number of morpholine rings is 1. The highest BCUT2D eigenvalue weighted by atomic mass is 16.6. The molecular formula is C11H21NO2. The number of rotatable bonds is 2. The lowest BCUT2D eigenvalue weighted by Crippen LogP contribution is -2.57. The highest BCUT2D eigenvalue weighted by Gasteiger charge is 2.39. The van der Waals surface area contributed by atoms with Crippen LogP contribution in [0.3, 0.4) is 0 Å². The monoisotopic (exact) mass is 199 g/mol. The molecule has 0 bridgehead atoms. The third-order valence-electron chi connectivity index (χ3n) is 2.63. The quantitative estimate of drug-likeness (QED) is 0.626. The van der Waals surface area contributed by atoms with E-state index in [-0.39, 0.29) is 11.2 Å². The van der Waals surface area contributed by atoms with Gasteiger partial charge in [0, 0.05) is 19.6 Å². The summed E-state index contributed by atoms with van der Waals surface area (Å²) in [6.07, 6.45) is 0.486. The van der Waals surface area contributed by atoms with Crippen molar-refractivity contribution in [2.75, 3.05) is 26.2 Å². The summed E-state index contributed by atoms with van der Waals surface area (Å²) in [5.41, 5.74) is -0.0622. The van der Waals surface area contributed by atoms with Crippen LogP contribution >= 0.6 is 0 Å². The highest BCUT2D eigenvalue weighted by molar-refractivity contribution is 4.91. The standard InChI is InChI=1S/C11H21NO2/c1-10(2)7-12(5-9-6-13-9)8-11(3,4)14-10/h9H,5-8H2,1-4H3. The van der Waals surface area contributed by atoms with E-state index in [1.807, 2.05) is 0 Å². The molecular weight excluding hydrogens is 178 g/mol. The van der Waals surface area contributed by atoms with Crippen LogP contribution in [-0.2, 0) is 9.47 Å². The van der Waals surface area contributed by atoms with Gasteiger partial charge in [-0.15, -0.1) is 0 Å². The molecule has 2 aliphatic heterocycles. The maximum atomic E-state index is 6.01. The van der Waals surface area contributed by atoms with E-state index in [9.17, 15) is 0 Å². The van der Waals surface area contributed by atoms with Crippen molar-refractivity contribution in [3.05, 3.63) is 0 Å². The van der Waals surface area contributed by atoms with Gasteiger partial charge in [-0.25, -0.2) is 0 Å². The summed E-state index contributed by atoms with van der Waals surface area (Å²) in [6.45, 7) is 12.7. The fourth-order valence-electron chi connectivity index (χ4n) is 2.54. The highest BCUT2D eigenvalue weighted by Crippen LogP contribution is 2.28. The molecule has 0 aromatic rings. The minimum absolute atomic E-state index is 0.0311. The molecule has 1 atom stereocenters. The Balaban J connectivity index is 1.96. The lowest BCUT2D eigenvalue weighted by molar-refractivity contribution is -0.180. The van der Waals surface area contributed by atoms with Crippen LogP contribution in [0, 0.1) is 0 Å². The number of epoxide rings is 1. The Morgan fingerprint density at radius 2 is 1.64 bits per heavy atom. The molecule has 3 heteroatoms. The second kappa shape index (κ2) is 3.19. The maximum Gasteiger partial charge on any atom is 0.0936 e. The van der Waals surface area contributed by atoms with Crippen molar-refractivity contribution in [3.8, 4) is 0 Å². The maximum absolute atomic E-state index is 6.01. The molecule has 2 fully saturated rings. The van der Waals surface area contributed by atoms with Crippen LogP contribution in [-0.4, -0.2) is 48.4 Å². The Hall–Kier alpha value is -0.120. The second-order valence-corrected chi connectivity index (χ2v) is 5.75. The van der Waals surface area contributed by atoms with Gasteiger partial charge in [0.05, 0.1) is 23.9 Å². The zero-order valence-electron chi connectivity index (χ0n) is 9.67. The molecule has 0 N–H and O–H groups in total. The molecule has 0 spiro atoms. The van der Waals surface area contributed by atoms with E-state index < -0.39 is 0 Å². The Bertz CT molecular complexity index is 205. The summed E-state index contributed by atoms with van der Waals surface area (Å²) in [6, 6.07) is 0. The van der Waals surface area contributed by atoms with Crippen LogP contribution in [0.2, 0.25) is 0 Å². The lowest BCUT2D eigenvalue weighted by atomic mass is 9.99. The minimum Gasteiger partial charge on any atom is -0.372 e. The first kappa shape index (κ1) is 10.4. The van der Waals surface area contributed by atoms with Gasteiger partial charge in [0.2, 0.25) is 0 Å². The zero-order valence-corrected chi connectivity index (χ0v) is 9.67. The van der Waals surface area contributed by atoms with E-state index in [0.29, 0.717) is 6.10 Å².